The molecule has 0 amide bonds. The number of nitrogens with zero attached hydrogens (tertiary/aromatic N) is 1. The topological polar surface area (TPSA) is 39.2 Å². The second-order valence-electron chi connectivity index (χ2n) is 2.78. The van der Waals surface area contributed by atoms with Crippen LogP contribution in [0.3, 0.4) is 0 Å². The number of carbonyl (C=O) groups is 1. The summed E-state index contributed by atoms with van der Waals surface area (Å²) < 4.78 is 29.5. The summed E-state index contributed by atoms with van der Waals surface area (Å²) in [4.78, 5) is 15.1. The molecule has 0 radical (unpaired) electrons. The standard InChI is InChI=1S/C9H7BrClF2NO2/c1-16-9(15)6-5(2-10)14-3-4(7(6)11)8(12)13/h3,8H,2H2,1H3. The molecule has 3 nitrogen and oxygen atoms in total. The van der Waals surface area contributed by atoms with E-state index in [9.17, 15) is 13.6 Å². The zero-order chi connectivity index (χ0) is 12.3. The summed E-state index contributed by atoms with van der Waals surface area (Å²) >= 11 is 8.80. The predicted octanol–water partition coefficient (Wildman–Crippen LogP) is 3.35. The van der Waals surface area contributed by atoms with Crippen molar-refractivity contribution in [1.29, 1.82) is 0 Å². The number of esters is 1. The van der Waals surface area contributed by atoms with E-state index in [1.807, 2.05) is 0 Å². The van der Waals surface area contributed by atoms with E-state index >= 15 is 0 Å². The molecule has 0 unspecified atom stereocenters. The van der Waals surface area contributed by atoms with Crippen molar-refractivity contribution in [2.45, 2.75) is 11.8 Å². The zero-order valence-electron chi connectivity index (χ0n) is 8.14. The van der Waals surface area contributed by atoms with E-state index in [2.05, 4.69) is 25.7 Å². The van der Waals surface area contributed by atoms with E-state index in [0.29, 0.717) is 0 Å². The maximum Gasteiger partial charge on any atom is 0.341 e. The van der Waals surface area contributed by atoms with E-state index in [1.165, 1.54) is 0 Å². The van der Waals surface area contributed by atoms with Gasteiger partial charge in [0.15, 0.2) is 0 Å². The Balaban J connectivity index is 3.40. The highest BCUT2D eigenvalue weighted by molar-refractivity contribution is 9.08. The van der Waals surface area contributed by atoms with Crippen molar-refractivity contribution in [2.24, 2.45) is 0 Å². The van der Waals surface area contributed by atoms with E-state index < -0.39 is 18.0 Å². The number of methoxy groups -OCH3 is 1. The molecule has 0 saturated heterocycles. The summed E-state index contributed by atoms with van der Waals surface area (Å²) in [6, 6.07) is 0. The van der Waals surface area contributed by atoms with Gasteiger partial charge in [0.05, 0.1) is 23.4 Å². The van der Waals surface area contributed by atoms with Crippen molar-refractivity contribution < 1.29 is 18.3 Å². The Morgan fingerprint density at radius 1 is 1.69 bits per heavy atom. The Morgan fingerprint density at radius 3 is 2.75 bits per heavy atom. The first-order chi connectivity index (χ1) is 7.52. The number of hydrogen-bond acceptors (Lipinski definition) is 3. The zero-order valence-corrected chi connectivity index (χ0v) is 10.5. The number of alkyl halides is 3. The minimum absolute atomic E-state index is 0.126. The normalized spacial score (nSPS) is 10.6. The van der Waals surface area contributed by atoms with Crippen LogP contribution in [0.4, 0.5) is 8.78 Å². The van der Waals surface area contributed by atoms with Crippen LogP contribution in [-0.2, 0) is 10.1 Å². The molecule has 0 bridgehead atoms. The highest BCUT2D eigenvalue weighted by atomic mass is 79.9. The van der Waals surface area contributed by atoms with Crippen LogP contribution in [0.25, 0.3) is 0 Å². The van der Waals surface area contributed by atoms with Crippen molar-refractivity contribution in [1.82, 2.24) is 4.98 Å². The number of ether oxygens (including phenoxy) is 1. The van der Waals surface area contributed by atoms with Crippen molar-refractivity contribution in [2.75, 3.05) is 7.11 Å². The quantitative estimate of drug-likeness (QED) is 0.634. The number of hydrogen-bond donors (Lipinski definition) is 0. The third-order valence-corrected chi connectivity index (χ3v) is 2.81. The number of aromatic nitrogens is 1. The van der Waals surface area contributed by atoms with Crippen molar-refractivity contribution in [3.05, 3.63) is 28.0 Å². The average molecular weight is 315 g/mol. The maximum absolute atomic E-state index is 12.5. The molecule has 0 N–H and O–H groups in total. The van der Waals surface area contributed by atoms with Gasteiger partial charge < -0.3 is 4.74 Å². The summed E-state index contributed by atoms with van der Waals surface area (Å²) in [6.45, 7) is 0. The van der Waals surface area contributed by atoms with Crippen LogP contribution in [0.5, 0.6) is 0 Å². The first-order valence-corrected chi connectivity index (χ1v) is 5.62. The van der Waals surface area contributed by atoms with Crippen molar-refractivity contribution >= 4 is 33.5 Å². The van der Waals surface area contributed by atoms with E-state index in [0.717, 1.165) is 13.3 Å². The number of pyridine rings is 1. The Hall–Kier alpha value is -0.750. The Morgan fingerprint density at radius 2 is 2.31 bits per heavy atom. The molecule has 0 atom stereocenters. The minimum Gasteiger partial charge on any atom is -0.465 e. The lowest BCUT2D eigenvalue weighted by Gasteiger charge is -2.10. The lowest BCUT2D eigenvalue weighted by atomic mass is 10.1. The molecule has 88 valence electrons. The molecule has 16 heavy (non-hydrogen) atoms. The lowest BCUT2D eigenvalue weighted by molar-refractivity contribution is 0.0599. The van der Waals surface area contributed by atoms with Crippen LogP contribution >= 0.6 is 27.5 Å². The molecule has 1 rings (SSSR count). The van der Waals surface area contributed by atoms with E-state index in [4.69, 9.17) is 11.6 Å². The van der Waals surface area contributed by atoms with Gasteiger partial charge in [0.25, 0.3) is 6.43 Å². The van der Waals surface area contributed by atoms with Crippen LogP contribution in [0.15, 0.2) is 6.20 Å². The summed E-state index contributed by atoms with van der Waals surface area (Å²) in [5, 5.41) is -0.0907. The van der Waals surface area contributed by atoms with Crippen molar-refractivity contribution in [3.63, 3.8) is 0 Å². The van der Waals surface area contributed by atoms with Gasteiger partial charge in [-0.3, -0.25) is 4.98 Å². The summed E-state index contributed by atoms with van der Waals surface area (Å²) in [7, 11) is 1.14. The van der Waals surface area contributed by atoms with Crippen molar-refractivity contribution in [3.8, 4) is 0 Å². The predicted molar refractivity (Wildman–Crippen MR) is 58.2 cm³/mol. The third-order valence-electron chi connectivity index (χ3n) is 1.87. The molecule has 1 aromatic heterocycles. The molecule has 7 heteroatoms. The SMILES string of the molecule is COC(=O)c1c(CBr)ncc(C(F)F)c1Cl. The maximum atomic E-state index is 12.5. The first-order valence-electron chi connectivity index (χ1n) is 4.12. The summed E-state index contributed by atoms with van der Waals surface area (Å²) in [5.41, 5.74) is -0.341. The number of rotatable bonds is 3. The van der Waals surface area contributed by atoms with E-state index in [-0.39, 0.29) is 21.6 Å². The Labute approximate surface area is 104 Å². The molecule has 1 aromatic rings. The van der Waals surface area contributed by atoms with Gasteiger partial charge >= 0.3 is 5.97 Å². The molecule has 0 aliphatic heterocycles. The molecule has 0 spiro atoms. The fraction of sp³-hybridized carbons (Fsp3) is 0.333. The molecular weight excluding hydrogens is 307 g/mol. The molecule has 0 saturated carbocycles. The molecule has 0 aliphatic carbocycles. The van der Waals surface area contributed by atoms with Crippen LogP contribution in [0.2, 0.25) is 5.02 Å². The second-order valence-corrected chi connectivity index (χ2v) is 3.71. The number of carbonyl (C=O) groups excluding carboxylic acids is 1. The van der Waals surface area contributed by atoms with Crippen LogP contribution in [0.1, 0.15) is 28.0 Å². The first kappa shape index (κ1) is 13.3. The van der Waals surface area contributed by atoms with Gasteiger partial charge in [-0.05, 0) is 0 Å². The Bertz CT molecular complexity index is 415. The lowest BCUT2D eigenvalue weighted by Crippen LogP contribution is -2.09. The fourth-order valence-electron chi connectivity index (χ4n) is 1.10. The van der Waals surface area contributed by atoms with Crippen LogP contribution in [0, 0.1) is 0 Å². The van der Waals surface area contributed by atoms with Gasteiger partial charge in [0, 0.05) is 11.5 Å². The minimum atomic E-state index is -2.78. The second kappa shape index (κ2) is 5.54. The van der Waals surface area contributed by atoms with Gasteiger partial charge in [0.1, 0.15) is 5.56 Å². The summed E-state index contributed by atoms with van der Waals surface area (Å²) in [5.74, 6) is -0.783. The molecule has 0 aromatic carbocycles. The Kier molecular flexibility index (Phi) is 4.61. The fourth-order valence-corrected chi connectivity index (χ4v) is 1.85. The highest BCUT2D eigenvalue weighted by Gasteiger charge is 2.23. The molecule has 0 fully saturated rings. The molecule has 1 heterocycles. The molecule has 0 aliphatic rings. The van der Waals surface area contributed by atoms with Gasteiger partial charge in [-0.15, -0.1) is 0 Å². The van der Waals surface area contributed by atoms with Gasteiger partial charge in [0.2, 0.25) is 0 Å². The highest BCUT2D eigenvalue weighted by Crippen LogP contribution is 2.31. The number of halogens is 4. The van der Waals surface area contributed by atoms with Gasteiger partial charge in [-0.25, -0.2) is 13.6 Å². The third kappa shape index (κ3) is 2.49. The summed E-state index contributed by atoms with van der Waals surface area (Å²) in [6.07, 6.45) is -1.83. The largest absolute Gasteiger partial charge is 0.465 e. The van der Waals surface area contributed by atoms with Gasteiger partial charge in [-0.1, -0.05) is 27.5 Å². The average Bonchev–Trinajstić information content (AvgIpc) is 2.26. The smallest absolute Gasteiger partial charge is 0.341 e. The van der Waals surface area contributed by atoms with E-state index in [1.54, 1.807) is 0 Å². The van der Waals surface area contributed by atoms with Crippen LogP contribution in [-0.4, -0.2) is 18.1 Å². The van der Waals surface area contributed by atoms with Crippen LogP contribution < -0.4 is 0 Å². The van der Waals surface area contributed by atoms with Gasteiger partial charge in [-0.2, -0.15) is 0 Å². The molecular formula is C9H7BrClF2NO2. The monoisotopic (exact) mass is 313 g/mol.